The van der Waals surface area contributed by atoms with Crippen LogP contribution in [0.2, 0.25) is 0 Å². The number of nitrogens with zero attached hydrogens (tertiary/aromatic N) is 1. The van der Waals surface area contributed by atoms with Crippen LogP contribution in [0.4, 0.5) is 0 Å². The van der Waals surface area contributed by atoms with Gasteiger partial charge in [0.25, 0.3) is 0 Å². The molecule has 0 bridgehead atoms. The summed E-state index contributed by atoms with van der Waals surface area (Å²) in [5.41, 5.74) is 10.2. The highest BCUT2D eigenvalue weighted by Gasteiger charge is 2.39. The number of hydrogen-bond acceptors (Lipinski definition) is 8. The molecule has 0 aromatic rings. The molecule has 11 nitrogen and oxygen atoms in total. The van der Waals surface area contributed by atoms with Crippen LogP contribution in [-0.4, -0.2) is 64.6 Å². The van der Waals surface area contributed by atoms with Crippen molar-refractivity contribution in [2.24, 2.45) is 17.4 Å². The lowest BCUT2D eigenvalue weighted by atomic mass is 10.3. The highest BCUT2D eigenvalue weighted by Crippen LogP contribution is 2.25. The van der Waals surface area contributed by atoms with Gasteiger partial charge in [-0.05, 0) is 0 Å². The van der Waals surface area contributed by atoms with Gasteiger partial charge in [-0.15, -0.1) is 11.8 Å². The van der Waals surface area contributed by atoms with E-state index in [9.17, 15) is 24.0 Å². The Labute approximate surface area is 141 Å². The first kappa shape index (κ1) is 19.9. The van der Waals surface area contributed by atoms with Crippen molar-refractivity contribution < 1.29 is 28.8 Å². The standard InChI is InChI=1S/C12H19N5O6S/c13-8(18)1-2-17-10(20)3-7(12(17)22)24-5-6(11(14)21)16-9(19)4-23-15/h6-7H,1-5,15H2,(H2,13,18)(H2,14,21)(H,16,19). The second-order valence-electron chi connectivity index (χ2n) is 4.96. The fourth-order valence-electron chi connectivity index (χ4n) is 1.96. The van der Waals surface area contributed by atoms with Crippen molar-refractivity contribution in [2.45, 2.75) is 24.1 Å². The lowest BCUT2D eigenvalue weighted by Gasteiger charge is -2.17. The number of primary amides is 2. The van der Waals surface area contributed by atoms with Crippen molar-refractivity contribution in [2.75, 3.05) is 18.9 Å². The van der Waals surface area contributed by atoms with Gasteiger partial charge < -0.3 is 16.8 Å². The zero-order valence-electron chi connectivity index (χ0n) is 12.7. The molecule has 12 heteroatoms. The van der Waals surface area contributed by atoms with Crippen molar-refractivity contribution >= 4 is 41.3 Å². The number of amides is 5. The molecule has 0 spiro atoms. The van der Waals surface area contributed by atoms with Crippen molar-refractivity contribution in [3.05, 3.63) is 0 Å². The summed E-state index contributed by atoms with van der Waals surface area (Å²) in [5, 5.41) is 1.60. The molecular formula is C12H19N5O6S. The summed E-state index contributed by atoms with van der Waals surface area (Å²) < 4.78 is 0. The van der Waals surface area contributed by atoms with Crippen LogP contribution in [0.25, 0.3) is 0 Å². The van der Waals surface area contributed by atoms with Gasteiger partial charge in [0, 0.05) is 25.1 Å². The van der Waals surface area contributed by atoms with Crippen molar-refractivity contribution in [3.63, 3.8) is 0 Å². The Balaban J connectivity index is 2.57. The first-order valence-electron chi connectivity index (χ1n) is 6.90. The summed E-state index contributed by atoms with van der Waals surface area (Å²) >= 11 is 1.01. The fourth-order valence-corrected chi connectivity index (χ4v) is 3.16. The van der Waals surface area contributed by atoms with Crippen LogP contribution in [0.15, 0.2) is 0 Å². The quantitative estimate of drug-likeness (QED) is 0.228. The molecule has 1 rings (SSSR count). The number of nitrogens with two attached hydrogens (primary N) is 3. The number of likely N-dealkylation sites (tertiary alicyclic amines) is 1. The van der Waals surface area contributed by atoms with E-state index in [0.29, 0.717) is 0 Å². The number of imide groups is 1. The molecule has 2 unspecified atom stereocenters. The molecule has 24 heavy (non-hydrogen) atoms. The van der Waals surface area contributed by atoms with Gasteiger partial charge in [0.05, 0.1) is 5.25 Å². The molecular weight excluding hydrogens is 342 g/mol. The minimum absolute atomic E-state index is 0.00100. The van der Waals surface area contributed by atoms with Gasteiger partial charge in [0.2, 0.25) is 29.5 Å². The molecule has 7 N–H and O–H groups in total. The van der Waals surface area contributed by atoms with E-state index >= 15 is 0 Å². The van der Waals surface area contributed by atoms with E-state index in [0.717, 1.165) is 16.7 Å². The average Bonchev–Trinajstić information content (AvgIpc) is 2.75. The Morgan fingerprint density at radius 3 is 2.54 bits per heavy atom. The Kier molecular flexibility index (Phi) is 7.61. The van der Waals surface area contributed by atoms with Gasteiger partial charge in [-0.2, -0.15) is 0 Å². The van der Waals surface area contributed by atoms with Crippen LogP contribution in [0.5, 0.6) is 0 Å². The van der Waals surface area contributed by atoms with E-state index in [4.69, 9.17) is 17.4 Å². The van der Waals surface area contributed by atoms with Gasteiger partial charge in [-0.1, -0.05) is 0 Å². The van der Waals surface area contributed by atoms with Crippen molar-refractivity contribution in [1.82, 2.24) is 10.2 Å². The van der Waals surface area contributed by atoms with Gasteiger partial charge in [-0.3, -0.25) is 33.7 Å². The monoisotopic (exact) mass is 361 g/mol. The van der Waals surface area contributed by atoms with E-state index in [1.54, 1.807) is 0 Å². The van der Waals surface area contributed by atoms with Crippen LogP contribution >= 0.6 is 11.8 Å². The molecule has 0 aliphatic carbocycles. The molecule has 0 saturated carbocycles. The third kappa shape index (κ3) is 5.79. The maximum atomic E-state index is 12.1. The summed E-state index contributed by atoms with van der Waals surface area (Å²) in [5.74, 6) is 1.81. The molecule has 134 valence electrons. The first-order chi connectivity index (χ1) is 11.3. The second-order valence-corrected chi connectivity index (χ2v) is 6.20. The summed E-state index contributed by atoms with van der Waals surface area (Å²) in [7, 11) is 0. The Morgan fingerprint density at radius 2 is 2.00 bits per heavy atom. The smallest absolute Gasteiger partial charge is 0.248 e. The Hall–Kier alpha value is -2.18. The normalized spacial score (nSPS) is 18.5. The van der Waals surface area contributed by atoms with Crippen LogP contribution in [0, 0.1) is 0 Å². The van der Waals surface area contributed by atoms with E-state index in [1.807, 2.05) is 0 Å². The summed E-state index contributed by atoms with van der Waals surface area (Å²) in [6.45, 7) is -0.524. The van der Waals surface area contributed by atoms with Crippen LogP contribution in [0.1, 0.15) is 12.8 Å². The topological polar surface area (TPSA) is 188 Å². The minimum Gasteiger partial charge on any atom is -0.370 e. The molecule has 2 atom stereocenters. The summed E-state index contributed by atoms with van der Waals surface area (Å²) in [6.07, 6.45) is -0.179. The number of rotatable bonds is 10. The molecule has 1 saturated heterocycles. The summed E-state index contributed by atoms with van der Waals surface area (Å²) in [6, 6.07) is -1.04. The highest BCUT2D eigenvalue weighted by atomic mass is 32.2. The van der Waals surface area contributed by atoms with E-state index < -0.39 is 47.4 Å². The first-order valence-corrected chi connectivity index (χ1v) is 7.95. The number of hydrogen-bond donors (Lipinski definition) is 4. The predicted octanol–water partition coefficient (Wildman–Crippen LogP) is -3.42. The van der Waals surface area contributed by atoms with Gasteiger partial charge >= 0.3 is 0 Å². The van der Waals surface area contributed by atoms with Gasteiger partial charge in [0.1, 0.15) is 12.6 Å². The minimum atomic E-state index is -1.04. The van der Waals surface area contributed by atoms with Crippen molar-refractivity contribution in [1.29, 1.82) is 0 Å². The molecule has 0 aromatic heterocycles. The molecule has 0 aromatic carbocycles. The maximum absolute atomic E-state index is 12.1. The molecule has 5 amide bonds. The SMILES string of the molecule is NOCC(=O)NC(CSC1CC(=O)N(CCC(N)=O)C1=O)C(N)=O. The highest BCUT2D eigenvalue weighted by molar-refractivity contribution is 8.00. The molecule has 1 aliphatic rings. The molecule has 1 aliphatic heterocycles. The largest absolute Gasteiger partial charge is 0.370 e. The third-order valence-corrected chi connectivity index (χ3v) is 4.44. The van der Waals surface area contributed by atoms with Crippen molar-refractivity contribution in [3.8, 4) is 0 Å². The lowest BCUT2D eigenvalue weighted by Crippen LogP contribution is -2.48. The zero-order valence-corrected chi connectivity index (χ0v) is 13.5. The molecule has 0 radical (unpaired) electrons. The van der Waals surface area contributed by atoms with Crippen LogP contribution in [0.3, 0.4) is 0 Å². The number of carbonyl (C=O) groups excluding carboxylic acids is 5. The average molecular weight is 361 g/mol. The number of carbonyl (C=O) groups is 5. The van der Waals surface area contributed by atoms with Crippen LogP contribution in [-0.2, 0) is 28.8 Å². The predicted molar refractivity (Wildman–Crippen MR) is 82.7 cm³/mol. The second kappa shape index (κ2) is 9.20. The van der Waals surface area contributed by atoms with Gasteiger partial charge in [0.15, 0.2) is 0 Å². The van der Waals surface area contributed by atoms with Crippen LogP contribution < -0.4 is 22.7 Å². The number of nitrogens with one attached hydrogen (secondary N) is 1. The molecule has 1 fully saturated rings. The third-order valence-electron chi connectivity index (χ3n) is 3.14. The summed E-state index contributed by atoms with van der Waals surface area (Å²) in [4.78, 5) is 62.5. The number of thioether (sulfide) groups is 1. The zero-order chi connectivity index (χ0) is 18.3. The maximum Gasteiger partial charge on any atom is 0.248 e. The van der Waals surface area contributed by atoms with E-state index in [2.05, 4.69) is 10.2 Å². The van der Waals surface area contributed by atoms with E-state index in [1.165, 1.54) is 0 Å². The lowest BCUT2D eigenvalue weighted by molar-refractivity contribution is -0.138. The Bertz CT molecular complexity index is 542. The van der Waals surface area contributed by atoms with E-state index in [-0.39, 0.29) is 25.1 Å². The Morgan fingerprint density at radius 1 is 1.33 bits per heavy atom. The van der Waals surface area contributed by atoms with Gasteiger partial charge in [-0.25, -0.2) is 5.90 Å². The fraction of sp³-hybridized carbons (Fsp3) is 0.583. The molecule has 1 heterocycles.